The van der Waals surface area contributed by atoms with Crippen LogP contribution in [0.5, 0.6) is 0 Å². The van der Waals surface area contributed by atoms with Crippen LogP contribution >= 0.6 is 0 Å². The Bertz CT molecular complexity index is 1400. The van der Waals surface area contributed by atoms with Crippen molar-refractivity contribution < 1.29 is 9.59 Å². The van der Waals surface area contributed by atoms with Gasteiger partial charge in [-0.25, -0.2) is 14.3 Å². The summed E-state index contributed by atoms with van der Waals surface area (Å²) in [6.45, 7) is 8.24. The van der Waals surface area contributed by atoms with Crippen LogP contribution in [0.25, 0.3) is 5.65 Å². The highest BCUT2D eigenvalue weighted by molar-refractivity contribution is 5.98. The van der Waals surface area contributed by atoms with Gasteiger partial charge < -0.3 is 16.4 Å². The van der Waals surface area contributed by atoms with Crippen LogP contribution < -0.4 is 27.6 Å². The van der Waals surface area contributed by atoms with Crippen LogP contribution in [0.15, 0.2) is 15.8 Å². The van der Waals surface area contributed by atoms with E-state index in [0.29, 0.717) is 43.7 Å². The van der Waals surface area contributed by atoms with Gasteiger partial charge in [0, 0.05) is 30.9 Å². The number of carbonyl (C=O) groups excluding carboxylic acids is 2. The summed E-state index contributed by atoms with van der Waals surface area (Å²) in [6, 6.07) is 0. The van der Waals surface area contributed by atoms with Crippen molar-refractivity contribution in [2.24, 2.45) is 5.73 Å². The number of nitrogen functional groups attached to an aromatic ring is 1. The SMILES string of the molecule is CCCCN(C(=O)CCc1c(C)nc2c(C(N)=O)cnn2c1C)c1c(N)n(CCCC)c(=O)[nH]c1=O. The highest BCUT2D eigenvalue weighted by Gasteiger charge is 2.25. The van der Waals surface area contributed by atoms with E-state index in [-0.39, 0.29) is 29.4 Å². The van der Waals surface area contributed by atoms with Gasteiger partial charge in [0.05, 0.1) is 6.20 Å². The summed E-state index contributed by atoms with van der Waals surface area (Å²) in [4.78, 5) is 58.4. The number of H-pyrrole nitrogens is 1. The molecule has 0 saturated carbocycles. The lowest BCUT2D eigenvalue weighted by Gasteiger charge is -2.25. The largest absolute Gasteiger partial charge is 0.383 e. The smallest absolute Gasteiger partial charge is 0.330 e. The summed E-state index contributed by atoms with van der Waals surface area (Å²) >= 11 is 0. The molecule has 3 rings (SSSR count). The van der Waals surface area contributed by atoms with Gasteiger partial charge in [-0.05, 0) is 38.7 Å². The van der Waals surface area contributed by atoms with E-state index in [4.69, 9.17) is 11.5 Å². The number of primary amides is 1. The minimum absolute atomic E-state index is 0.00403. The van der Waals surface area contributed by atoms with E-state index in [1.165, 1.54) is 20.2 Å². The van der Waals surface area contributed by atoms with Crippen LogP contribution in [0.4, 0.5) is 11.5 Å². The van der Waals surface area contributed by atoms with Crippen LogP contribution in [0.2, 0.25) is 0 Å². The van der Waals surface area contributed by atoms with Crippen molar-refractivity contribution in [3.63, 3.8) is 0 Å². The van der Waals surface area contributed by atoms with Gasteiger partial charge >= 0.3 is 5.69 Å². The predicted molar refractivity (Wildman–Crippen MR) is 137 cm³/mol. The fourth-order valence-electron chi connectivity index (χ4n) is 4.27. The third-order valence-corrected chi connectivity index (χ3v) is 6.32. The standard InChI is InChI=1S/C24H34N8O4/c1-5-7-11-30(19-20(25)31(12-8-6-2)24(36)29-23(19)35)18(33)10-9-16-14(3)28-22-17(21(26)34)13-27-32(22)15(16)4/h13H,5-12,25H2,1-4H3,(H2,26,34)(H,29,35,36). The molecule has 0 bridgehead atoms. The highest BCUT2D eigenvalue weighted by atomic mass is 16.2. The molecular formula is C24H34N8O4. The number of hydrogen-bond donors (Lipinski definition) is 3. The first-order chi connectivity index (χ1) is 17.1. The van der Waals surface area contributed by atoms with E-state index < -0.39 is 17.2 Å². The van der Waals surface area contributed by atoms with Crippen molar-refractivity contribution in [1.82, 2.24) is 24.1 Å². The lowest BCUT2D eigenvalue weighted by molar-refractivity contribution is -0.118. The summed E-state index contributed by atoms with van der Waals surface area (Å²) in [5.74, 6) is -0.917. The molecule has 2 amide bonds. The lowest BCUT2D eigenvalue weighted by Crippen LogP contribution is -2.41. The molecule has 0 radical (unpaired) electrons. The van der Waals surface area contributed by atoms with Gasteiger partial charge in [0.1, 0.15) is 11.4 Å². The molecule has 0 aromatic carbocycles. The van der Waals surface area contributed by atoms with Crippen LogP contribution in [0.1, 0.15) is 73.3 Å². The maximum atomic E-state index is 13.4. The Hall–Kier alpha value is -3.96. The van der Waals surface area contributed by atoms with Gasteiger partial charge in [-0.3, -0.25) is 23.9 Å². The van der Waals surface area contributed by atoms with E-state index in [1.807, 2.05) is 20.8 Å². The van der Waals surface area contributed by atoms with Crippen LogP contribution in [-0.4, -0.2) is 42.5 Å². The number of unbranched alkanes of at least 4 members (excludes halogenated alkanes) is 2. The van der Waals surface area contributed by atoms with Crippen molar-refractivity contribution in [3.8, 4) is 0 Å². The van der Waals surface area contributed by atoms with E-state index in [0.717, 1.165) is 24.1 Å². The molecule has 0 spiro atoms. The molecule has 3 heterocycles. The van der Waals surface area contributed by atoms with E-state index >= 15 is 0 Å². The number of hydrogen-bond acceptors (Lipinski definition) is 7. The molecule has 0 unspecified atom stereocenters. The second kappa shape index (κ2) is 11.2. The Morgan fingerprint density at radius 2 is 1.83 bits per heavy atom. The fraction of sp³-hybridized carbons (Fsp3) is 0.500. The number of aromatic amines is 1. The molecule has 12 nitrogen and oxygen atoms in total. The molecule has 194 valence electrons. The molecule has 0 aliphatic rings. The number of aromatic nitrogens is 5. The number of fused-ring (bicyclic) bond motifs is 1. The molecule has 0 atom stereocenters. The second-order valence-electron chi connectivity index (χ2n) is 8.82. The summed E-state index contributed by atoms with van der Waals surface area (Å²) < 4.78 is 2.85. The summed E-state index contributed by atoms with van der Waals surface area (Å²) in [7, 11) is 0. The fourth-order valence-corrected chi connectivity index (χ4v) is 4.27. The number of rotatable bonds is 11. The summed E-state index contributed by atoms with van der Waals surface area (Å²) in [6.07, 6.45) is 4.80. The predicted octanol–water partition coefficient (Wildman–Crippen LogP) is 1.44. The van der Waals surface area contributed by atoms with E-state index in [9.17, 15) is 19.2 Å². The number of nitrogens with two attached hydrogens (primary N) is 2. The monoisotopic (exact) mass is 498 g/mol. The quantitative estimate of drug-likeness (QED) is 0.358. The number of nitrogens with zero attached hydrogens (tertiary/aromatic N) is 5. The van der Waals surface area contributed by atoms with Gasteiger partial charge in [0.15, 0.2) is 11.3 Å². The zero-order valence-corrected chi connectivity index (χ0v) is 21.3. The van der Waals surface area contributed by atoms with Crippen molar-refractivity contribution in [2.75, 3.05) is 17.2 Å². The van der Waals surface area contributed by atoms with Crippen molar-refractivity contribution in [3.05, 3.63) is 49.5 Å². The average Bonchev–Trinajstić information content (AvgIpc) is 3.24. The van der Waals surface area contributed by atoms with Crippen LogP contribution in [0.3, 0.4) is 0 Å². The van der Waals surface area contributed by atoms with Gasteiger partial charge in [-0.2, -0.15) is 5.10 Å². The Kier molecular flexibility index (Phi) is 8.28. The molecule has 0 saturated heterocycles. The van der Waals surface area contributed by atoms with Crippen molar-refractivity contribution >= 4 is 29.0 Å². The molecule has 36 heavy (non-hydrogen) atoms. The number of carbonyl (C=O) groups is 2. The normalized spacial score (nSPS) is 11.2. The first-order valence-electron chi connectivity index (χ1n) is 12.2. The molecule has 0 fully saturated rings. The number of aryl methyl sites for hydroxylation is 2. The first kappa shape index (κ1) is 26.6. The third-order valence-electron chi connectivity index (χ3n) is 6.32. The molecule has 5 N–H and O–H groups in total. The molecule has 3 aromatic heterocycles. The topological polar surface area (TPSA) is 174 Å². The zero-order valence-electron chi connectivity index (χ0n) is 21.3. The number of amides is 2. The van der Waals surface area contributed by atoms with Crippen LogP contribution in [0, 0.1) is 13.8 Å². The Morgan fingerprint density at radius 3 is 2.47 bits per heavy atom. The third kappa shape index (κ3) is 5.16. The van der Waals surface area contributed by atoms with Crippen LogP contribution in [-0.2, 0) is 17.8 Å². The van der Waals surface area contributed by atoms with Crippen molar-refractivity contribution in [2.45, 2.75) is 72.8 Å². The summed E-state index contributed by atoms with van der Waals surface area (Å²) in [5.41, 5.74) is 13.2. The average molecular weight is 499 g/mol. The molecule has 0 aliphatic heterocycles. The van der Waals surface area contributed by atoms with E-state index in [1.54, 1.807) is 6.92 Å². The lowest BCUT2D eigenvalue weighted by atomic mass is 10.1. The highest BCUT2D eigenvalue weighted by Crippen LogP contribution is 2.22. The maximum absolute atomic E-state index is 13.4. The Balaban J connectivity index is 1.95. The molecule has 3 aromatic rings. The Labute approximate surface area is 208 Å². The van der Waals surface area contributed by atoms with Gasteiger partial charge in [0.2, 0.25) is 5.91 Å². The number of anilines is 2. The van der Waals surface area contributed by atoms with Gasteiger partial charge in [-0.15, -0.1) is 0 Å². The van der Waals surface area contributed by atoms with Crippen molar-refractivity contribution in [1.29, 1.82) is 0 Å². The molecular weight excluding hydrogens is 464 g/mol. The maximum Gasteiger partial charge on any atom is 0.330 e. The van der Waals surface area contributed by atoms with Gasteiger partial charge in [-0.1, -0.05) is 26.7 Å². The molecule has 12 heteroatoms. The summed E-state index contributed by atoms with van der Waals surface area (Å²) in [5, 5.41) is 4.22. The zero-order chi connectivity index (χ0) is 26.6. The number of nitrogens with one attached hydrogen (secondary N) is 1. The minimum Gasteiger partial charge on any atom is -0.383 e. The second-order valence-corrected chi connectivity index (χ2v) is 8.82. The Morgan fingerprint density at radius 1 is 1.14 bits per heavy atom. The minimum atomic E-state index is -0.680. The van der Waals surface area contributed by atoms with Gasteiger partial charge in [0.25, 0.3) is 11.5 Å². The van der Waals surface area contributed by atoms with E-state index in [2.05, 4.69) is 15.1 Å². The molecule has 0 aliphatic carbocycles. The first-order valence-corrected chi connectivity index (χ1v) is 12.2.